The van der Waals surface area contributed by atoms with Crippen LogP contribution in [-0.4, -0.2) is 112 Å². The average molecular weight is 798 g/mol. The van der Waals surface area contributed by atoms with Gasteiger partial charge in [0.15, 0.2) is 5.96 Å². The van der Waals surface area contributed by atoms with Crippen LogP contribution >= 0.6 is 0 Å². The van der Waals surface area contributed by atoms with Crippen molar-refractivity contribution in [3.8, 4) is 0 Å². The lowest BCUT2D eigenvalue weighted by Crippen LogP contribution is -2.60. The normalized spacial score (nSPS) is 14.0. The predicted molar refractivity (Wildman–Crippen MR) is 205 cm³/mol. The van der Waals surface area contributed by atoms with Crippen molar-refractivity contribution >= 4 is 53.4 Å². The highest BCUT2D eigenvalue weighted by Gasteiger charge is 2.35. The first-order chi connectivity index (χ1) is 26.9. The van der Waals surface area contributed by atoms with Crippen LogP contribution in [0.25, 0.3) is 0 Å². The van der Waals surface area contributed by atoms with Crippen molar-refractivity contribution in [2.24, 2.45) is 28.1 Å². The van der Waals surface area contributed by atoms with E-state index in [9.17, 15) is 53.7 Å². The Morgan fingerprint density at radius 2 is 1.04 bits per heavy atom. The fourth-order valence-corrected chi connectivity index (χ4v) is 5.42. The summed E-state index contributed by atoms with van der Waals surface area (Å²) >= 11 is 0. The number of hydrogen-bond acceptors (Lipinski definition) is 10. The first-order valence-electron chi connectivity index (χ1n) is 17.9. The van der Waals surface area contributed by atoms with Crippen LogP contribution in [0.15, 0.2) is 65.7 Å². The molecule has 310 valence electrons. The molecular weight excluding hydrogens is 746 g/mol. The minimum Gasteiger partial charge on any atom is -0.481 e. The SMILES string of the molecule is CC(C)[C@H](NC(=O)[C@H](CC(=O)O)NC(=O)[C@H](CC(=O)O)NC(=O)[C@H](Cc1ccccc1)NC(=O)[C@@H](N)Cc1ccccc1)C(=O)N[C@@H](CCCN=C(N)N)C(=O)O. The number of carboxylic acid groups (broad SMARTS) is 3. The Morgan fingerprint density at radius 3 is 1.49 bits per heavy atom. The summed E-state index contributed by atoms with van der Waals surface area (Å²) in [6.07, 6.45) is -1.93. The van der Waals surface area contributed by atoms with Crippen molar-refractivity contribution < 1.29 is 53.7 Å². The summed E-state index contributed by atoms with van der Waals surface area (Å²) in [6, 6.07) is 8.25. The zero-order valence-corrected chi connectivity index (χ0v) is 31.6. The molecule has 2 rings (SSSR count). The van der Waals surface area contributed by atoms with E-state index in [-0.39, 0.29) is 38.2 Å². The third kappa shape index (κ3) is 17.2. The molecule has 20 heteroatoms. The number of rotatable bonds is 24. The topological polar surface area (TPSA) is 348 Å². The van der Waals surface area contributed by atoms with E-state index >= 15 is 0 Å². The van der Waals surface area contributed by atoms with E-state index in [2.05, 4.69) is 31.6 Å². The molecule has 57 heavy (non-hydrogen) atoms. The second-order valence-electron chi connectivity index (χ2n) is 13.4. The lowest BCUT2D eigenvalue weighted by Gasteiger charge is -2.27. The summed E-state index contributed by atoms with van der Waals surface area (Å²) in [5, 5.41) is 40.4. The lowest BCUT2D eigenvalue weighted by atomic mass is 10.0. The van der Waals surface area contributed by atoms with Gasteiger partial charge in [0.05, 0.1) is 18.9 Å². The van der Waals surface area contributed by atoms with Crippen molar-refractivity contribution in [3.05, 3.63) is 71.8 Å². The number of nitrogens with zero attached hydrogens (tertiary/aromatic N) is 1. The number of benzene rings is 2. The number of carboxylic acids is 3. The van der Waals surface area contributed by atoms with Gasteiger partial charge in [0, 0.05) is 13.0 Å². The molecule has 0 aromatic heterocycles. The quantitative estimate of drug-likeness (QED) is 0.0310. The molecule has 0 aliphatic heterocycles. The minimum atomic E-state index is -1.90. The van der Waals surface area contributed by atoms with Crippen LogP contribution in [-0.2, 0) is 51.2 Å². The number of aliphatic imine (C=N–C) groups is 1. The maximum absolute atomic E-state index is 13.7. The van der Waals surface area contributed by atoms with Gasteiger partial charge in [-0.05, 0) is 36.3 Å². The van der Waals surface area contributed by atoms with Gasteiger partial charge in [0.1, 0.15) is 30.2 Å². The van der Waals surface area contributed by atoms with E-state index in [4.69, 9.17) is 17.2 Å². The molecule has 0 fully saturated rings. The van der Waals surface area contributed by atoms with Crippen LogP contribution in [0.2, 0.25) is 0 Å². The summed E-state index contributed by atoms with van der Waals surface area (Å²) in [4.78, 5) is 106. The Hall–Kier alpha value is -6.57. The molecule has 14 N–H and O–H groups in total. The zero-order chi connectivity index (χ0) is 42.7. The van der Waals surface area contributed by atoms with E-state index in [0.717, 1.165) is 5.56 Å². The van der Waals surface area contributed by atoms with Crippen LogP contribution < -0.4 is 43.8 Å². The Balaban J connectivity index is 2.27. The van der Waals surface area contributed by atoms with Crippen molar-refractivity contribution in [1.29, 1.82) is 0 Å². The van der Waals surface area contributed by atoms with Crippen molar-refractivity contribution in [2.75, 3.05) is 6.54 Å². The first-order valence-corrected chi connectivity index (χ1v) is 17.9. The van der Waals surface area contributed by atoms with E-state index in [1.54, 1.807) is 60.7 Å². The Bertz CT molecular complexity index is 1740. The van der Waals surface area contributed by atoms with E-state index in [1.165, 1.54) is 13.8 Å². The highest BCUT2D eigenvalue weighted by Crippen LogP contribution is 2.10. The summed E-state index contributed by atoms with van der Waals surface area (Å²) in [6.45, 7) is 3.11. The van der Waals surface area contributed by atoms with Gasteiger partial charge in [-0.3, -0.25) is 38.6 Å². The number of nitrogens with one attached hydrogen (secondary N) is 5. The summed E-state index contributed by atoms with van der Waals surface area (Å²) in [5.74, 6) is -10.5. The number of carbonyl (C=O) groups excluding carboxylic acids is 5. The molecule has 0 bridgehead atoms. The summed E-state index contributed by atoms with van der Waals surface area (Å²) < 4.78 is 0. The third-order valence-electron chi connectivity index (χ3n) is 8.38. The van der Waals surface area contributed by atoms with E-state index < -0.39 is 102 Å². The number of guanidine groups is 1. The highest BCUT2D eigenvalue weighted by atomic mass is 16.4. The molecule has 6 atom stereocenters. The second kappa shape index (κ2) is 23.4. The lowest BCUT2D eigenvalue weighted by molar-refractivity contribution is -0.144. The van der Waals surface area contributed by atoms with Gasteiger partial charge in [-0.1, -0.05) is 74.5 Å². The number of hydrogen-bond donors (Lipinski definition) is 11. The molecule has 2 aromatic rings. The van der Waals surface area contributed by atoms with Gasteiger partial charge in [-0.15, -0.1) is 0 Å². The fourth-order valence-electron chi connectivity index (χ4n) is 5.42. The standard InChI is InChI=1S/C37H51N9O11/c1-20(2)30(35(55)42-24(36(56)57)14-9-15-41-37(39)40)46-34(54)27(19-29(49)50)45-33(53)26(18-28(47)48)44-32(52)25(17-22-12-7-4-8-13-22)43-31(51)23(38)16-21-10-5-3-6-11-21/h3-8,10-13,20,23-27,30H,9,14-19,38H2,1-2H3,(H,42,55)(H,43,51)(H,44,52)(H,45,53)(H,46,54)(H,47,48)(H,49,50)(H,56,57)(H4,39,40,41)/t23-,24-,25-,26-,27-,30-/m0/s1. The van der Waals surface area contributed by atoms with Crippen LogP contribution in [0, 0.1) is 5.92 Å². The molecule has 0 aliphatic carbocycles. The van der Waals surface area contributed by atoms with Gasteiger partial charge in [0.25, 0.3) is 0 Å². The van der Waals surface area contributed by atoms with Crippen molar-refractivity contribution in [3.63, 3.8) is 0 Å². The number of aliphatic carboxylic acids is 3. The average Bonchev–Trinajstić information content (AvgIpc) is 3.14. The Morgan fingerprint density at radius 1 is 0.596 bits per heavy atom. The van der Waals surface area contributed by atoms with Crippen LogP contribution in [0.3, 0.4) is 0 Å². The number of carbonyl (C=O) groups is 8. The molecule has 5 amide bonds. The number of amides is 5. The van der Waals surface area contributed by atoms with Crippen molar-refractivity contribution in [2.45, 2.75) is 88.6 Å². The molecule has 0 radical (unpaired) electrons. The number of nitrogens with two attached hydrogens (primary N) is 3. The molecule has 20 nitrogen and oxygen atoms in total. The molecule has 0 aliphatic rings. The smallest absolute Gasteiger partial charge is 0.326 e. The van der Waals surface area contributed by atoms with Crippen LogP contribution in [0.4, 0.5) is 0 Å². The third-order valence-corrected chi connectivity index (χ3v) is 8.38. The van der Waals surface area contributed by atoms with Crippen LogP contribution in [0.5, 0.6) is 0 Å². The Labute approximate surface area is 328 Å². The second-order valence-corrected chi connectivity index (χ2v) is 13.4. The monoisotopic (exact) mass is 797 g/mol. The molecule has 0 saturated carbocycles. The minimum absolute atomic E-state index is 0.0808. The maximum atomic E-state index is 13.7. The molecular formula is C37H51N9O11. The van der Waals surface area contributed by atoms with E-state index in [1.807, 2.05) is 0 Å². The summed E-state index contributed by atoms with van der Waals surface area (Å²) in [7, 11) is 0. The highest BCUT2D eigenvalue weighted by molar-refractivity contribution is 5.98. The van der Waals surface area contributed by atoms with Gasteiger partial charge < -0.3 is 59.1 Å². The van der Waals surface area contributed by atoms with Crippen molar-refractivity contribution in [1.82, 2.24) is 26.6 Å². The Kier molecular flexibility index (Phi) is 19.1. The fraction of sp³-hybridized carbons (Fsp3) is 0.432. The van der Waals surface area contributed by atoms with Gasteiger partial charge in [-0.2, -0.15) is 0 Å². The largest absolute Gasteiger partial charge is 0.481 e. The predicted octanol–water partition coefficient (Wildman–Crippen LogP) is -2.03. The van der Waals surface area contributed by atoms with Gasteiger partial charge in [0.2, 0.25) is 29.5 Å². The first kappa shape index (κ1) is 46.6. The maximum Gasteiger partial charge on any atom is 0.326 e. The molecule has 0 saturated heterocycles. The summed E-state index contributed by atoms with van der Waals surface area (Å²) in [5.41, 5.74) is 18.0. The van der Waals surface area contributed by atoms with Gasteiger partial charge in [-0.25, -0.2) is 4.79 Å². The molecule has 0 unspecified atom stereocenters. The van der Waals surface area contributed by atoms with Crippen LogP contribution in [0.1, 0.15) is 50.7 Å². The zero-order valence-electron chi connectivity index (χ0n) is 31.6. The molecule has 0 spiro atoms. The van der Waals surface area contributed by atoms with E-state index in [0.29, 0.717) is 5.56 Å². The molecule has 0 heterocycles. The van der Waals surface area contributed by atoms with Gasteiger partial charge >= 0.3 is 17.9 Å². The molecule has 2 aromatic carbocycles.